The fourth-order valence-corrected chi connectivity index (χ4v) is 3.39. The van der Waals surface area contributed by atoms with Crippen molar-refractivity contribution in [1.82, 2.24) is 10.6 Å². The highest BCUT2D eigenvalue weighted by molar-refractivity contribution is 14.0. The van der Waals surface area contributed by atoms with E-state index in [4.69, 9.17) is 14.5 Å². The lowest BCUT2D eigenvalue weighted by atomic mass is 9.90. The molecule has 3 fully saturated rings. The van der Waals surface area contributed by atoms with Gasteiger partial charge in [-0.25, -0.2) is 0 Å². The van der Waals surface area contributed by atoms with Gasteiger partial charge in [0.15, 0.2) is 5.96 Å². The average Bonchev–Trinajstić information content (AvgIpc) is 3.13. The van der Waals surface area contributed by atoms with Crippen LogP contribution < -0.4 is 10.6 Å². The lowest BCUT2D eigenvalue weighted by Gasteiger charge is -2.24. The van der Waals surface area contributed by atoms with E-state index in [0.717, 1.165) is 45.1 Å². The number of aliphatic imine (C=N–C) groups is 1. The molecule has 0 aliphatic carbocycles. The Morgan fingerprint density at radius 3 is 2.81 bits per heavy atom. The van der Waals surface area contributed by atoms with Gasteiger partial charge in [-0.15, -0.1) is 24.0 Å². The number of nitrogens with one attached hydrogen (secondary N) is 2. The van der Waals surface area contributed by atoms with Crippen LogP contribution in [0.2, 0.25) is 0 Å². The van der Waals surface area contributed by atoms with Gasteiger partial charge in [-0.05, 0) is 32.6 Å². The number of hydrogen-bond donors (Lipinski definition) is 2. The summed E-state index contributed by atoms with van der Waals surface area (Å²) >= 11 is 0. The summed E-state index contributed by atoms with van der Waals surface area (Å²) in [6.07, 6.45) is 5.50. The van der Waals surface area contributed by atoms with Gasteiger partial charge in [0.1, 0.15) is 0 Å². The van der Waals surface area contributed by atoms with Crippen molar-refractivity contribution in [2.75, 3.05) is 26.3 Å². The second-order valence-electron chi connectivity index (χ2n) is 6.67. The summed E-state index contributed by atoms with van der Waals surface area (Å²) in [5.74, 6) is 0.932. The van der Waals surface area contributed by atoms with Crippen molar-refractivity contribution < 1.29 is 9.47 Å². The molecule has 3 aliphatic rings. The number of fused-ring (bicyclic) bond motifs is 2. The Bertz CT molecular complexity index is 372. The van der Waals surface area contributed by atoms with Crippen LogP contribution in [0, 0.1) is 5.41 Å². The second kappa shape index (κ2) is 7.46. The summed E-state index contributed by atoms with van der Waals surface area (Å²) in [4.78, 5) is 4.77. The van der Waals surface area contributed by atoms with Gasteiger partial charge >= 0.3 is 0 Å². The maximum atomic E-state index is 5.90. The summed E-state index contributed by atoms with van der Waals surface area (Å²) in [6.45, 7) is 7.77. The number of rotatable bonds is 4. The van der Waals surface area contributed by atoms with Crippen molar-refractivity contribution in [1.29, 1.82) is 0 Å². The van der Waals surface area contributed by atoms with Gasteiger partial charge < -0.3 is 20.1 Å². The van der Waals surface area contributed by atoms with Crippen LogP contribution in [0.15, 0.2) is 4.99 Å². The van der Waals surface area contributed by atoms with Crippen molar-refractivity contribution in [3.8, 4) is 0 Å². The van der Waals surface area contributed by atoms with Crippen LogP contribution >= 0.6 is 24.0 Å². The van der Waals surface area contributed by atoms with Crippen molar-refractivity contribution in [2.45, 2.75) is 57.8 Å². The van der Waals surface area contributed by atoms with E-state index in [1.54, 1.807) is 0 Å². The zero-order valence-corrected chi connectivity index (χ0v) is 15.4. The predicted molar refractivity (Wildman–Crippen MR) is 94.4 cm³/mol. The van der Waals surface area contributed by atoms with E-state index in [-0.39, 0.29) is 29.4 Å². The molecule has 0 amide bonds. The molecule has 3 saturated heterocycles. The smallest absolute Gasteiger partial charge is 0.191 e. The van der Waals surface area contributed by atoms with E-state index in [1.165, 1.54) is 12.8 Å². The first-order chi connectivity index (χ1) is 9.68. The van der Waals surface area contributed by atoms with Gasteiger partial charge in [-0.3, -0.25) is 4.99 Å². The Morgan fingerprint density at radius 2 is 2.24 bits per heavy atom. The first-order valence-corrected chi connectivity index (χ1v) is 7.96. The Morgan fingerprint density at radius 1 is 1.38 bits per heavy atom. The normalized spacial score (nSPS) is 38.4. The number of halogens is 1. The second-order valence-corrected chi connectivity index (χ2v) is 6.67. The SMILES string of the molecule is CCNC(=NCC1(C)CCOC1)NC1CC2CCC1O2.I. The van der Waals surface area contributed by atoms with Crippen LogP contribution in [0.5, 0.6) is 0 Å². The number of ether oxygens (including phenoxy) is 2. The van der Waals surface area contributed by atoms with Crippen LogP contribution in [0.3, 0.4) is 0 Å². The van der Waals surface area contributed by atoms with Crippen molar-refractivity contribution in [2.24, 2.45) is 10.4 Å². The third kappa shape index (κ3) is 4.22. The molecule has 0 saturated carbocycles. The van der Waals surface area contributed by atoms with Gasteiger partial charge in [0.05, 0.1) is 31.4 Å². The van der Waals surface area contributed by atoms with Crippen molar-refractivity contribution >= 4 is 29.9 Å². The topological polar surface area (TPSA) is 54.9 Å². The van der Waals surface area contributed by atoms with E-state index in [9.17, 15) is 0 Å². The molecule has 0 aromatic carbocycles. The maximum Gasteiger partial charge on any atom is 0.191 e. The van der Waals surface area contributed by atoms with Crippen molar-refractivity contribution in [3.63, 3.8) is 0 Å². The van der Waals surface area contributed by atoms with Crippen LogP contribution in [-0.2, 0) is 9.47 Å². The summed E-state index contributed by atoms with van der Waals surface area (Å²) in [5, 5.41) is 6.92. The third-order valence-corrected chi connectivity index (χ3v) is 4.69. The molecule has 3 rings (SSSR count). The summed E-state index contributed by atoms with van der Waals surface area (Å²) in [6, 6.07) is 0.430. The Hall–Kier alpha value is -0.0800. The molecule has 122 valence electrons. The minimum absolute atomic E-state index is 0. The molecule has 2 N–H and O–H groups in total. The number of nitrogens with zero attached hydrogens (tertiary/aromatic N) is 1. The van der Waals surface area contributed by atoms with Crippen LogP contribution in [0.4, 0.5) is 0 Å². The van der Waals surface area contributed by atoms with Gasteiger partial charge in [-0.2, -0.15) is 0 Å². The maximum absolute atomic E-state index is 5.90. The number of hydrogen-bond acceptors (Lipinski definition) is 3. The zero-order valence-electron chi connectivity index (χ0n) is 13.1. The van der Waals surface area contributed by atoms with E-state index in [2.05, 4.69) is 24.5 Å². The quantitative estimate of drug-likeness (QED) is 0.423. The first kappa shape index (κ1) is 17.3. The first-order valence-electron chi connectivity index (χ1n) is 7.96. The lowest BCUT2D eigenvalue weighted by molar-refractivity contribution is 0.0992. The van der Waals surface area contributed by atoms with Crippen LogP contribution in [0.1, 0.15) is 39.5 Å². The highest BCUT2D eigenvalue weighted by Gasteiger charge is 2.41. The van der Waals surface area contributed by atoms with E-state index in [0.29, 0.717) is 18.2 Å². The molecule has 0 spiro atoms. The highest BCUT2D eigenvalue weighted by atomic mass is 127. The van der Waals surface area contributed by atoms with E-state index < -0.39 is 0 Å². The molecular formula is C15H28IN3O2. The standard InChI is InChI=1S/C15H27N3O2.HI/c1-3-16-14(17-9-15(2)6-7-19-10-15)18-12-8-11-4-5-13(12)20-11;/h11-13H,3-10H2,1-2H3,(H2,16,17,18);1H. The fourth-order valence-electron chi connectivity index (χ4n) is 3.39. The predicted octanol–water partition coefficient (Wildman–Crippen LogP) is 1.91. The van der Waals surface area contributed by atoms with E-state index in [1.807, 2.05) is 0 Å². The van der Waals surface area contributed by atoms with Crippen LogP contribution in [-0.4, -0.2) is 50.5 Å². The summed E-state index contributed by atoms with van der Waals surface area (Å²) in [7, 11) is 0. The van der Waals surface area contributed by atoms with Gasteiger partial charge in [0.2, 0.25) is 0 Å². The van der Waals surface area contributed by atoms with E-state index >= 15 is 0 Å². The molecule has 0 radical (unpaired) electrons. The van der Waals surface area contributed by atoms with Gasteiger partial charge in [-0.1, -0.05) is 6.92 Å². The highest BCUT2D eigenvalue weighted by Crippen LogP contribution is 2.34. The number of guanidine groups is 1. The summed E-state index contributed by atoms with van der Waals surface area (Å²) in [5.41, 5.74) is 0.202. The molecular weight excluding hydrogens is 381 g/mol. The van der Waals surface area contributed by atoms with Gasteiger partial charge in [0, 0.05) is 18.6 Å². The Balaban J connectivity index is 0.00000161. The average molecular weight is 409 g/mol. The monoisotopic (exact) mass is 409 g/mol. The molecule has 0 aromatic rings. The van der Waals surface area contributed by atoms with Crippen molar-refractivity contribution in [3.05, 3.63) is 0 Å². The largest absolute Gasteiger partial charge is 0.381 e. The molecule has 3 aliphatic heterocycles. The molecule has 6 heteroatoms. The Labute approximate surface area is 144 Å². The lowest BCUT2D eigenvalue weighted by Crippen LogP contribution is -2.47. The van der Waals surface area contributed by atoms with Gasteiger partial charge in [0.25, 0.3) is 0 Å². The fraction of sp³-hybridized carbons (Fsp3) is 0.933. The van der Waals surface area contributed by atoms with Crippen LogP contribution in [0.25, 0.3) is 0 Å². The minimum Gasteiger partial charge on any atom is -0.381 e. The summed E-state index contributed by atoms with van der Waals surface area (Å²) < 4.78 is 11.4. The minimum atomic E-state index is 0. The third-order valence-electron chi connectivity index (χ3n) is 4.69. The Kier molecular flexibility index (Phi) is 6.14. The molecule has 0 aromatic heterocycles. The molecule has 5 nitrogen and oxygen atoms in total. The molecule has 2 bridgehead atoms. The molecule has 4 unspecified atom stereocenters. The molecule has 21 heavy (non-hydrogen) atoms. The molecule has 3 heterocycles. The molecule has 4 atom stereocenters. The zero-order chi connectivity index (χ0) is 14.0.